The van der Waals surface area contributed by atoms with Crippen molar-refractivity contribution in [3.05, 3.63) is 24.4 Å². The second-order valence-electron chi connectivity index (χ2n) is 7.07. The molecule has 1 aromatic rings. The van der Waals surface area contributed by atoms with Crippen LogP contribution >= 0.6 is 11.8 Å². The van der Waals surface area contributed by atoms with Crippen LogP contribution in [0.5, 0.6) is 5.88 Å². The molecule has 3 fully saturated rings. The van der Waals surface area contributed by atoms with E-state index in [1.807, 2.05) is 34.9 Å². The summed E-state index contributed by atoms with van der Waals surface area (Å²) in [6, 6.07) is 5.72. The van der Waals surface area contributed by atoms with Crippen LogP contribution in [-0.4, -0.2) is 58.2 Å². The average molecular weight is 348 g/mol. The number of hydrogen-bond donors (Lipinski definition) is 0. The van der Waals surface area contributed by atoms with E-state index in [9.17, 15) is 4.79 Å². The zero-order valence-corrected chi connectivity index (χ0v) is 14.7. The van der Waals surface area contributed by atoms with Gasteiger partial charge in [-0.1, -0.05) is 18.9 Å². The van der Waals surface area contributed by atoms with Crippen molar-refractivity contribution in [1.29, 1.82) is 0 Å². The Bertz CT molecular complexity index is 571. The summed E-state index contributed by atoms with van der Waals surface area (Å²) in [5.41, 5.74) is 0. The Morgan fingerprint density at radius 3 is 2.88 bits per heavy atom. The van der Waals surface area contributed by atoms with Gasteiger partial charge in [-0.2, -0.15) is 0 Å². The maximum absolute atomic E-state index is 12.2. The lowest BCUT2D eigenvalue weighted by molar-refractivity contribution is -0.143. The highest BCUT2D eigenvalue weighted by atomic mass is 32.2. The zero-order valence-electron chi connectivity index (χ0n) is 13.9. The van der Waals surface area contributed by atoms with Crippen molar-refractivity contribution in [2.75, 3.05) is 25.4 Å². The Kier molecular flexibility index (Phi) is 4.68. The number of nitrogens with zero attached hydrogens (tertiary/aromatic N) is 2. The first-order chi connectivity index (χ1) is 11.7. The number of ether oxygens (including phenoxy) is 2. The van der Waals surface area contributed by atoms with Gasteiger partial charge in [0.1, 0.15) is 12.7 Å². The molecule has 2 saturated heterocycles. The lowest BCUT2D eigenvalue weighted by atomic mass is 9.93. The topological polar surface area (TPSA) is 51.7 Å². The smallest absolute Gasteiger partial charge is 0.248 e. The Balaban J connectivity index is 1.21. The number of amides is 1. The van der Waals surface area contributed by atoms with E-state index >= 15 is 0 Å². The van der Waals surface area contributed by atoms with Crippen LogP contribution in [0.3, 0.4) is 0 Å². The fourth-order valence-corrected chi connectivity index (χ4v) is 5.37. The van der Waals surface area contributed by atoms with Crippen LogP contribution in [0.25, 0.3) is 0 Å². The van der Waals surface area contributed by atoms with Gasteiger partial charge in [-0.3, -0.25) is 4.79 Å². The van der Waals surface area contributed by atoms with E-state index in [0.29, 0.717) is 12.0 Å². The number of carbonyl (C=O) groups is 1. The second kappa shape index (κ2) is 6.92. The summed E-state index contributed by atoms with van der Waals surface area (Å²) in [6.07, 6.45) is 7.93. The minimum Gasteiger partial charge on any atom is -0.473 e. The summed E-state index contributed by atoms with van der Waals surface area (Å²) in [6.45, 7) is 1.90. The van der Waals surface area contributed by atoms with Gasteiger partial charge in [-0.05, 0) is 18.9 Å². The quantitative estimate of drug-likeness (QED) is 0.818. The third-order valence-corrected chi connectivity index (χ3v) is 6.73. The molecule has 0 unspecified atom stereocenters. The van der Waals surface area contributed by atoms with E-state index in [-0.39, 0.29) is 23.4 Å². The molecule has 1 amide bonds. The van der Waals surface area contributed by atoms with Crippen molar-refractivity contribution in [3.63, 3.8) is 0 Å². The summed E-state index contributed by atoms with van der Waals surface area (Å²) in [5, 5.41) is 0. The molecule has 0 N–H and O–H groups in total. The van der Waals surface area contributed by atoms with E-state index in [1.165, 1.54) is 12.8 Å². The molecular formula is C18H24N2O3S. The third-order valence-electron chi connectivity index (χ3n) is 5.16. The normalized spacial score (nSPS) is 25.8. The highest BCUT2D eigenvalue weighted by Gasteiger charge is 2.51. The number of aromatic nitrogens is 1. The summed E-state index contributed by atoms with van der Waals surface area (Å²) in [5.74, 6) is 1.80. The van der Waals surface area contributed by atoms with Crippen molar-refractivity contribution < 1.29 is 14.3 Å². The molecule has 6 heteroatoms. The number of pyridine rings is 1. The Morgan fingerprint density at radius 2 is 2.12 bits per heavy atom. The molecule has 1 atom stereocenters. The van der Waals surface area contributed by atoms with Crippen LogP contribution in [0.4, 0.5) is 0 Å². The van der Waals surface area contributed by atoms with Crippen LogP contribution in [0.15, 0.2) is 24.4 Å². The molecular weight excluding hydrogens is 324 g/mol. The maximum Gasteiger partial charge on any atom is 0.248 e. The van der Waals surface area contributed by atoms with Crippen molar-refractivity contribution >= 4 is 17.7 Å². The van der Waals surface area contributed by atoms with Crippen molar-refractivity contribution in [3.8, 4) is 5.88 Å². The summed E-state index contributed by atoms with van der Waals surface area (Å²) in [4.78, 5) is 18.4. The molecule has 3 heterocycles. The van der Waals surface area contributed by atoms with Gasteiger partial charge in [-0.15, -0.1) is 11.8 Å². The molecule has 3 aliphatic rings. The number of hydrogen-bond acceptors (Lipinski definition) is 5. The van der Waals surface area contributed by atoms with Gasteiger partial charge in [0.15, 0.2) is 0 Å². The van der Waals surface area contributed by atoms with Gasteiger partial charge in [0.25, 0.3) is 0 Å². The third kappa shape index (κ3) is 3.54. The lowest BCUT2D eigenvalue weighted by Crippen LogP contribution is -2.61. The first kappa shape index (κ1) is 16.2. The molecule has 130 valence electrons. The number of thioether (sulfide) groups is 1. The van der Waals surface area contributed by atoms with Gasteiger partial charge in [0.05, 0.1) is 10.9 Å². The predicted octanol–water partition coefficient (Wildman–Crippen LogP) is 2.51. The first-order valence-corrected chi connectivity index (χ1v) is 9.82. The molecule has 4 rings (SSSR count). The second-order valence-corrected chi connectivity index (χ2v) is 8.56. The van der Waals surface area contributed by atoms with E-state index in [2.05, 4.69) is 4.98 Å². The first-order valence-electron chi connectivity index (χ1n) is 8.83. The summed E-state index contributed by atoms with van der Waals surface area (Å²) in [7, 11) is 0. The maximum atomic E-state index is 12.2. The van der Waals surface area contributed by atoms with Crippen LogP contribution in [0.1, 0.15) is 32.1 Å². The molecule has 0 aromatic carbocycles. The van der Waals surface area contributed by atoms with Gasteiger partial charge in [0.2, 0.25) is 11.8 Å². The standard InChI is InChI=1S/C18H24N2O3S/c21-17(10-22-14-5-1-2-6-14)20-12-18(13-20)9-15(11-24-18)23-16-7-3-4-8-19-16/h3-4,7-8,14-15H,1-2,5-6,9-13H2/t15-/m1/s1. The Morgan fingerprint density at radius 1 is 1.29 bits per heavy atom. The summed E-state index contributed by atoms with van der Waals surface area (Å²) >= 11 is 1.94. The van der Waals surface area contributed by atoms with Gasteiger partial charge < -0.3 is 14.4 Å². The molecule has 0 radical (unpaired) electrons. The van der Waals surface area contributed by atoms with Gasteiger partial charge in [-0.25, -0.2) is 4.98 Å². The fraction of sp³-hybridized carbons (Fsp3) is 0.667. The molecule has 2 aliphatic heterocycles. The Hall–Kier alpha value is -1.27. The zero-order chi connectivity index (χ0) is 16.4. The molecule has 1 aliphatic carbocycles. The van der Waals surface area contributed by atoms with Gasteiger partial charge >= 0.3 is 0 Å². The lowest BCUT2D eigenvalue weighted by Gasteiger charge is -2.47. The van der Waals surface area contributed by atoms with Crippen molar-refractivity contribution in [2.45, 2.75) is 49.1 Å². The van der Waals surface area contributed by atoms with Crippen molar-refractivity contribution in [1.82, 2.24) is 9.88 Å². The molecule has 1 saturated carbocycles. The molecule has 1 aromatic heterocycles. The predicted molar refractivity (Wildman–Crippen MR) is 93.2 cm³/mol. The minimum atomic E-state index is 0.141. The number of likely N-dealkylation sites (tertiary alicyclic amines) is 1. The fourth-order valence-electron chi connectivity index (χ4n) is 3.85. The van der Waals surface area contributed by atoms with E-state index in [1.54, 1.807) is 6.20 Å². The van der Waals surface area contributed by atoms with Crippen molar-refractivity contribution in [2.24, 2.45) is 0 Å². The minimum absolute atomic E-state index is 0.141. The molecule has 5 nitrogen and oxygen atoms in total. The van der Waals surface area contributed by atoms with Crippen LogP contribution in [0.2, 0.25) is 0 Å². The van der Waals surface area contributed by atoms with Crippen LogP contribution < -0.4 is 4.74 Å². The monoisotopic (exact) mass is 348 g/mol. The summed E-state index contributed by atoms with van der Waals surface area (Å²) < 4.78 is 11.9. The average Bonchev–Trinajstić information content (AvgIpc) is 3.22. The Labute approximate surface area is 147 Å². The molecule has 0 bridgehead atoms. The van der Waals surface area contributed by atoms with Crippen LogP contribution in [-0.2, 0) is 9.53 Å². The highest BCUT2D eigenvalue weighted by molar-refractivity contribution is 8.01. The number of rotatable bonds is 5. The SMILES string of the molecule is O=C(COC1CCCC1)N1CC2(C[C@@H](Oc3ccccn3)CS2)C1. The number of carbonyl (C=O) groups excluding carboxylic acids is 1. The molecule has 1 spiro atoms. The van der Waals surface area contributed by atoms with E-state index in [0.717, 1.165) is 38.1 Å². The highest BCUT2D eigenvalue weighted by Crippen LogP contribution is 2.46. The largest absolute Gasteiger partial charge is 0.473 e. The van der Waals surface area contributed by atoms with E-state index in [4.69, 9.17) is 9.47 Å². The molecule has 24 heavy (non-hydrogen) atoms. The van der Waals surface area contributed by atoms with Crippen LogP contribution in [0, 0.1) is 0 Å². The van der Waals surface area contributed by atoms with E-state index < -0.39 is 0 Å². The van der Waals surface area contributed by atoms with Gasteiger partial charge in [0, 0.05) is 37.5 Å².